The molecule has 134 valence electrons. The maximum Gasteiger partial charge on any atom is 0.307 e. The lowest BCUT2D eigenvalue weighted by Crippen LogP contribution is -2.27. The van der Waals surface area contributed by atoms with Crippen molar-refractivity contribution in [3.05, 3.63) is 65.6 Å². The quantitative estimate of drug-likeness (QED) is 0.675. The third-order valence-electron chi connectivity index (χ3n) is 3.75. The fourth-order valence-corrected chi connectivity index (χ4v) is 2.60. The molecule has 0 bridgehead atoms. The molecule has 0 fully saturated rings. The van der Waals surface area contributed by atoms with Gasteiger partial charge in [-0.1, -0.05) is 11.6 Å². The first kappa shape index (κ1) is 17.8. The molecule has 1 amide bonds. The van der Waals surface area contributed by atoms with Gasteiger partial charge >= 0.3 is 5.97 Å². The van der Waals surface area contributed by atoms with Crippen molar-refractivity contribution in [2.45, 2.75) is 6.42 Å². The Labute approximate surface area is 155 Å². The average Bonchev–Trinajstić information content (AvgIpc) is 3.31. The molecule has 1 aromatic carbocycles. The summed E-state index contributed by atoms with van der Waals surface area (Å²) >= 11 is 5.95. The Bertz CT molecular complexity index is 901. The fraction of sp³-hybridized carbons (Fsp3) is 0.167. The van der Waals surface area contributed by atoms with Crippen molar-refractivity contribution in [1.82, 2.24) is 19.7 Å². The number of nitrogens with zero attached hydrogens (tertiary/aromatic N) is 3. The van der Waals surface area contributed by atoms with Crippen LogP contribution in [-0.4, -0.2) is 39.9 Å². The normalized spacial score (nSPS) is 10.5. The van der Waals surface area contributed by atoms with Crippen LogP contribution in [0.15, 0.2) is 55.0 Å². The lowest BCUT2D eigenvalue weighted by atomic mass is 10.2. The molecule has 26 heavy (non-hydrogen) atoms. The molecule has 0 saturated carbocycles. The van der Waals surface area contributed by atoms with E-state index in [-0.39, 0.29) is 24.8 Å². The lowest BCUT2D eigenvalue weighted by Gasteiger charge is -2.11. The van der Waals surface area contributed by atoms with E-state index >= 15 is 0 Å². The number of methoxy groups -OCH3 is 1. The molecular weight excluding hydrogens is 356 g/mol. The summed E-state index contributed by atoms with van der Waals surface area (Å²) in [5, 5.41) is 7.68. The summed E-state index contributed by atoms with van der Waals surface area (Å²) in [6.07, 6.45) is 5.26. The lowest BCUT2D eigenvalue weighted by molar-refractivity contribution is -0.140. The summed E-state index contributed by atoms with van der Waals surface area (Å²) in [5.41, 5.74) is 1.16. The molecule has 0 aliphatic carbocycles. The molecule has 0 radical (unpaired) electrons. The van der Waals surface area contributed by atoms with E-state index in [0.29, 0.717) is 16.4 Å². The standard InChI is InChI=1S/C18H17ClN4O3/c1-26-16(24)8-9-20-17(25)15-12-21-23(14-6-4-13(19)5-7-14)18(15)22-10-2-3-11-22/h2-7,10-12H,8-9H2,1H3,(H,20,25). The first-order valence-electron chi connectivity index (χ1n) is 7.92. The van der Waals surface area contributed by atoms with Crippen LogP contribution in [-0.2, 0) is 9.53 Å². The molecule has 0 aliphatic rings. The van der Waals surface area contributed by atoms with Gasteiger partial charge in [-0.15, -0.1) is 0 Å². The van der Waals surface area contributed by atoms with Crippen LogP contribution in [0.4, 0.5) is 0 Å². The number of hydrogen-bond donors (Lipinski definition) is 1. The Morgan fingerprint density at radius 1 is 1.19 bits per heavy atom. The zero-order valence-corrected chi connectivity index (χ0v) is 14.8. The Kier molecular flexibility index (Phi) is 5.38. The van der Waals surface area contributed by atoms with E-state index < -0.39 is 0 Å². The number of benzene rings is 1. The Balaban J connectivity index is 1.92. The van der Waals surface area contributed by atoms with Gasteiger partial charge in [-0.25, -0.2) is 4.68 Å². The third kappa shape index (κ3) is 3.78. The van der Waals surface area contributed by atoms with E-state index in [1.165, 1.54) is 13.3 Å². The van der Waals surface area contributed by atoms with Gasteiger partial charge in [0.1, 0.15) is 5.56 Å². The number of nitrogens with one attached hydrogen (secondary N) is 1. The summed E-state index contributed by atoms with van der Waals surface area (Å²) in [6, 6.07) is 10.9. The van der Waals surface area contributed by atoms with Crippen molar-refractivity contribution in [2.24, 2.45) is 0 Å². The Morgan fingerprint density at radius 3 is 2.54 bits per heavy atom. The summed E-state index contributed by atoms with van der Waals surface area (Å²) in [6.45, 7) is 0.183. The summed E-state index contributed by atoms with van der Waals surface area (Å²) in [5.74, 6) is -0.113. The smallest absolute Gasteiger partial charge is 0.307 e. The number of esters is 1. The predicted molar refractivity (Wildman–Crippen MR) is 96.9 cm³/mol. The van der Waals surface area contributed by atoms with Gasteiger partial charge in [-0.05, 0) is 36.4 Å². The molecular formula is C18H17ClN4O3. The second kappa shape index (κ2) is 7.88. The van der Waals surface area contributed by atoms with Gasteiger partial charge in [0.25, 0.3) is 5.91 Å². The van der Waals surface area contributed by atoms with Crippen LogP contribution in [0.3, 0.4) is 0 Å². The molecule has 2 heterocycles. The Morgan fingerprint density at radius 2 is 1.88 bits per heavy atom. The highest BCUT2D eigenvalue weighted by Crippen LogP contribution is 2.21. The average molecular weight is 373 g/mol. The van der Waals surface area contributed by atoms with Crippen molar-refractivity contribution in [2.75, 3.05) is 13.7 Å². The highest BCUT2D eigenvalue weighted by atomic mass is 35.5. The number of halogens is 1. The minimum atomic E-state index is -0.382. The van der Waals surface area contributed by atoms with Crippen LogP contribution >= 0.6 is 11.6 Å². The molecule has 2 aromatic heterocycles. The first-order chi connectivity index (χ1) is 12.6. The van der Waals surface area contributed by atoms with Crippen LogP contribution in [0.25, 0.3) is 11.5 Å². The zero-order chi connectivity index (χ0) is 18.5. The minimum absolute atomic E-state index is 0.104. The predicted octanol–water partition coefficient (Wildman–Crippen LogP) is 2.61. The second-order valence-corrected chi connectivity index (χ2v) is 5.88. The molecule has 8 heteroatoms. The monoisotopic (exact) mass is 372 g/mol. The van der Waals surface area contributed by atoms with Gasteiger partial charge in [0.2, 0.25) is 0 Å². The molecule has 0 saturated heterocycles. The number of hydrogen-bond acceptors (Lipinski definition) is 4. The van der Waals surface area contributed by atoms with Gasteiger partial charge in [0.15, 0.2) is 5.82 Å². The summed E-state index contributed by atoms with van der Waals surface area (Å²) in [7, 11) is 1.31. The van der Waals surface area contributed by atoms with Crippen LogP contribution in [0.5, 0.6) is 0 Å². The van der Waals surface area contributed by atoms with Crippen molar-refractivity contribution < 1.29 is 14.3 Å². The van der Waals surface area contributed by atoms with E-state index in [4.69, 9.17) is 11.6 Å². The molecule has 0 atom stereocenters. The number of carbonyl (C=O) groups excluding carboxylic acids is 2. The highest BCUT2D eigenvalue weighted by Gasteiger charge is 2.19. The Hall–Kier alpha value is -3.06. The van der Waals surface area contributed by atoms with Gasteiger partial charge in [0, 0.05) is 24.0 Å². The second-order valence-electron chi connectivity index (χ2n) is 5.44. The van der Waals surface area contributed by atoms with E-state index in [1.807, 2.05) is 36.7 Å². The van der Waals surface area contributed by atoms with Crippen LogP contribution in [0, 0.1) is 0 Å². The minimum Gasteiger partial charge on any atom is -0.469 e. The number of rotatable bonds is 6. The summed E-state index contributed by atoms with van der Waals surface area (Å²) in [4.78, 5) is 23.8. The molecule has 0 spiro atoms. The van der Waals surface area contributed by atoms with Gasteiger partial charge in [-0.3, -0.25) is 9.59 Å². The van der Waals surface area contributed by atoms with Gasteiger partial charge in [-0.2, -0.15) is 5.10 Å². The molecule has 7 nitrogen and oxygen atoms in total. The topological polar surface area (TPSA) is 78.2 Å². The number of aromatic nitrogens is 3. The van der Waals surface area contributed by atoms with Crippen molar-refractivity contribution in [3.8, 4) is 11.5 Å². The third-order valence-corrected chi connectivity index (χ3v) is 4.00. The first-order valence-corrected chi connectivity index (χ1v) is 8.30. The largest absolute Gasteiger partial charge is 0.469 e. The van der Waals surface area contributed by atoms with Crippen molar-refractivity contribution in [1.29, 1.82) is 0 Å². The van der Waals surface area contributed by atoms with Crippen molar-refractivity contribution in [3.63, 3.8) is 0 Å². The maximum atomic E-state index is 12.6. The van der Waals surface area contributed by atoms with E-state index in [1.54, 1.807) is 21.4 Å². The van der Waals surface area contributed by atoms with Crippen LogP contribution in [0.1, 0.15) is 16.8 Å². The van der Waals surface area contributed by atoms with E-state index in [9.17, 15) is 9.59 Å². The van der Waals surface area contributed by atoms with Crippen LogP contribution < -0.4 is 5.32 Å². The molecule has 3 aromatic rings. The SMILES string of the molecule is COC(=O)CCNC(=O)c1cnn(-c2ccc(Cl)cc2)c1-n1cccc1. The van der Waals surface area contributed by atoms with E-state index in [2.05, 4.69) is 15.2 Å². The molecule has 1 N–H and O–H groups in total. The zero-order valence-electron chi connectivity index (χ0n) is 14.1. The van der Waals surface area contributed by atoms with Crippen LogP contribution in [0.2, 0.25) is 5.02 Å². The van der Waals surface area contributed by atoms with Gasteiger partial charge in [0.05, 0.1) is 25.4 Å². The molecule has 0 aliphatic heterocycles. The van der Waals surface area contributed by atoms with Gasteiger partial charge < -0.3 is 14.6 Å². The highest BCUT2D eigenvalue weighted by molar-refractivity contribution is 6.30. The number of carbonyl (C=O) groups is 2. The number of ether oxygens (including phenoxy) is 1. The summed E-state index contributed by atoms with van der Waals surface area (Å²) < 4.78 is 8.03. The number of amides is 1. The molecule has 0 unspecified atom stereocenters. The van der Waals surface area contributed by atoms with Crippen molar-refractivity contribution >= 4 is 23.5 Å². The molecule has 3 rings (SSSR count). The maximum absolute atomic E-state index is 12.6. The van der Waals surface area contributed by atoms with E-state index in [0.717, 1.165) is 5.69 Å². The fourth-order valence-electron chi connectivity index (χ4n) is 2.47.